The molecule has 2 heterocycles. The van der Waals surface area contributed by atoms with Gasteiger partial charge in [0, 0.05) is 12.6 Å². The maximum atomic E-state index is 11.4. The molecule has 5 heteroatoms. The van der Waals surface area contributed by atoms with Crippen molar-refractivity contribution in [3.05, 3.63) is 23.5 Å². The zero-order valence-electron chi connectivity index (χ0n) is 9.93. The summed E-state index contributed by atoms with van der Waals surface area (Å²) >= 11 is 0. The van der Waals surface area contributed by atoms with Gasteiger partial charge in [-0.05, 0) is 13.0 Å². The van der Waals surface area contributed by atoms with E-state index in [1.54, 1.807) is 6.07 Å². The lowest BCUT2D eigenvalue weighted by atomic mass is 10.2. The van der Waals surface area contributed by atoms with Crippen LogP contribution in [-0.4, -0.2) is 37.4 Å². The van der Waals surface area contributed by atoms with E-state index in [0.717, 1.165) is 12.1 Å². The second-order valence-electron chi connectivity index (χ2n) is 3.90. The number of hydrogen-bond donors (Lipinski definition) is 0. The second-order valence-corrected chi connectivity index (χ2v) is 3.90. The number of carbonyl (C=O) groups excluding carboxylic acids is 1. The predicted octanol–water partition coefficient (Wildman–Crippen LogP) is 1.34. The lowest BCUT2D eigenvalue weighted by Crippen LogP contribution is -2.17. The van der Waals surface area contributed by atoms with Crippen molar-refractivity contribution in [3.63, 3.8) is 0 Å². The molecule has 1 aromatic rings. The maximum Gasteiger partial charge on any atom is 0.339 e. The van der Waals surface area contributed by atoms with Crippen molar-refractivity contribution in [3.8, 4) is 5.75 Å². The summed E-state index contributed by atoms with van der Waals surface area (Å²) in [5.74, 6) is 0.202. The number of methoxy groups -OCH3 is 1. The third-order valence-electron chi connectivity index (χ3n) is 2.64. The number of aryl methyl sites for hydroxylation is 1. The second kappa shape index (κ2) is 5.14. The highest BCUT2D eigenvalue weighted by Gasteiger charge is 2.19. The molecule has 1 aromatic heterocycles. The summed E-state index contributed by atoms with van der Waals surface area (Å²) in [7, 11) is 1.34. The van der Waals surface area contributed by atoms with Crippen LogP contribution in [0.3, 0.4) is 0 Å². The number of ether oxygens (including phenoxy) is 3. The van der Waals surface area contributed by atoms with Gasteiger partial charge in [-0.3, -0.25) is 4.98 Å². The molecular weight excluding hydrogens is 222 g/mol. The van der Waals surface area contributed by atoms with Gasteiger partial charge in [0.1, 0.15) is 11.9 Å². The van der Waals surface area contributed by atoms with Gasteiger partial charge in [-0.1, -0.05) is 0 Å². The number of esters is 1. The lowest BCUT2D eigenvalue weighted by Gasteiger charge is -2.14. The third-order valence-corrected chi connectivity index (χ3v) is 2.64. The van der Waals surface area contributed by atoms with E-state index in [1.807, 2.05) is 6.92 Å². The highest BCUT2D eigenvalue weighted by atomic mass is 16.5. The number of nitrogens with zero attached hydrogens (tertiary/aromatic N) is 1. The van der Waals surface area contributed by atoms with Gasteiger partial charge >= 0.3 is 5.97 Å². The van der Waals surface area contributed by atoms with E-state index >= 15 is 0 Å². The van der Waals surface area contributed by atoms with Crippen LogP contribution in [0, 0.1) is 6.92 Å². The Labute approximate surface area is 99.7 Å². The Hall–Kier alpha value is -1.62. The third kappa shape index (κ3) is 2.74. The van der Waals surface area contributed by atoms with Gasteiger partial charge < -0.3 is 14.2 Å². The zero-order valence-corrected chi connectivity index (χ0v) is 9.93. The molecule has 0 aliphatic carbocycles. The molecule has 1 aliphatic heterocycles. The standard InChI is InChI=1S/C12H15NO4/c1-8-11(17-10-3-4-16-7-10)5-9(6-13-8)12(14)15-2/h5-6,10H,3-4,7H2,1-2H3/t10-/m1/s1. The van der Waals surface area contributed by atoms with E-state index < -0.39 is 5.97 Å². The number of aromatic nitrogens is 1. The van der Waals surface area contributed by atoms with Crippen LogP contribution in [0.15, 0.2) is 12.3 Å². The summed E-state index contributed by atoms with van der Waals surface area (Å²) in [6.45, 7) is 3.14. The van der Waals surface area contributed by atoms with Crippen molar-refractivity contribution < 1.29 is 19.0 Å². The minimum absolute atomic E-state index is 0.0448. The fourth-order valence-electron chi connectivity index (χ4n) is 1.65. The Morgan fingerprint density at radius 2 is 2.41 bits per heavy atom. The van der Waals surface area contributed by atoms with Crippen LogP contribution in [0.2, 0.25) is 0 Å². The molecule has 0 radical (unpaired) electrons. The SMILES string of the molecule is COC(=O)c1cnc(C)c(O[C@@H]2CCOC2)c1. The molecule has 5 nitrogen and oxygen atoms in total. The predicted molar refractivity (Wildman–Crippen MR) is 60.2 cm³/mol. The molecule has 2 rings (SSSR count). The van der Waals surface area contributed by atoms with Crippen molar-refractivity contribution in [2.45, 2.75) is 19.4 Å². The zero-order chi connectivity index (χ0) is 12.3. The Morgan fingerprint density at radius 3 is 3.06 bits per heavy atom. The van der Waals surface area contributed by atoms with Crippen LogP contribution >= 0.6 is 0 Å². The van der Waals surface area contributed by atoms with Crippen LogP contribution in [0.25, 0.3) is 0 Å². The fraction of sp³-hybridized carbons (Fsp3) is 0.500. The lowest BCUT2D eigenvalue weighted by molar-refractivity contribution is 0.0599. The van der Waals surface area contributed by atoms with Gasteiger partial charge in [-0.25, -0.2) is 4.79 Å². The molecule has 0 bridgehead atoms. The summed E-state index contributed by atoms with van der Waals surface area (Å²) in [6, 6.07) is 1.66. The van der Waals surface area contributed by atoms with E-state index in [1.165, 1.54) is 13.3 Å². The summed E-state index contributed by atoms with van der Waals surface area (Å²) in [4.78, 5) is 15.5. The van der Waals surface area contributed by atoms with E-state index in [2.05, 4.69) is 9.72 Å². The van der Waals surface area contributed by atoms with Crippen molar-refractivity contribution in [2.75, 3.05) is 20.3 Å². The molecule has 0 amide bonds. The number of rotatable bonds is 3. The van der Waals surface area contributed by atoms with Gasteiger partial charge in [-0.2, -0.15) is 0 Å². The van der Waals surface area contributed by atoms with Crippen LogP contribution < -0.4 is 4.74 Å². The number of pyridine rings is 1. The maximum absolute atomic E-state index is 11.4. The first-order chi connectivity index (χ1) is 8.20. The van der Waals surface area contributed by atoms with Gasteiger partial charge in [0.15, 0.2) is 0 Å². The highest BCUT2D eigenvalue weighted by Crippen LogP contribution is 2.21. The smallest absolute Gasteiger partial charge is 0.339 e. The number of carbonyl (C=O) groups is 1. The summed E-state index contributed by atoms with van der Waals surface area (Å²) in [5, 5.41) is 0. The molecule has 0 N–H and O–H groups in total. The molecule has 92 valence electrons. The Morgan fingerprint density at radius 1 is 1.59 bits per heavy atom. The van der Waals surface area contributed by atoms with Crippen molar-refractivity contribution in [1.82, 2.24) is 4.98 Å². The van der Waals surface area contributed by atoms with Crippen molar-refractivity contribution >= 4 is 5.97 Å². The molecule has 0 aromatic carbocycles. The number of hydrogen-bond acceptors (Lipinski definition) is 5. The van der Waals surface area contributed by atoms with Crippen LogP contribution in [-0.2, 0) is 9.47 Å². The summed E-state index contributed by atoms with van der Waals surface area (Å²) in [5.41, 5.74) is 1.15. The van der Waals surface area contributed by atoms with E-state index in [-0.39, 0.29) is 6.10 Å². The first-order valence-corrected chi connectivity index (χ1v) is 5.50. The van der Waals surface area contributed by atoms with Crippen molar-refractivity contribution in [1.29, 1.82) is 0 Å². The normalized spacial score (nSPS) is 19.1. The van der Waals surface area contributed by atoms with Crippen molar-refractivity contribution in [2.24, 2.45) is 0 Å². The molecule has 1 aliphatic rings. The van der Waals surface area contributed by atoms with Gasteiger partial charge in [-0.15, -0.1) is 0 Å². The average molecular weight is 237 g/mol. The van der Waals surface area contributed by atoms with Gasteiger partial charge in [0.2, 0.25) is 0 Å². The average Bonchev–Trinajstić information content (AvgIpc) is 2.84. The largest absolute Gasteiger partial charge is 0.486 e. The molecule has 17 heavy (non-hydrogen) atoms. The van der Waals surface area contributed by atoms with Crippen LogP contribution in [0.5, 0.6) is 5.75 Å². The summed E-state index contributed by atoms with van der Waals surface area (Å²) < 4.78 is 15.6. The molecule has 0 spiro atoms. The molecule has 1 fully saturated rings. The fourth-order valence-corrected chi connectivity index (χ4v) is 1.65. The topological polar surface area (TPSA) is 57.7 Å². The van der Waals surface area contributed by atoms with E-state index in [4.69, 9.17) is 9.47 Å². The minimum Gasteiger partial charge on any atom is -0.486 e. The first-order valence-electron chi connectivity index (χ1n) is 5.50. The molecular formula is C12H15NO4. The Balaban J connectivity index is 2.16. The molecule has 1 saturated heterocycles. The molecule has 1 atom stereocenters. The van der Waals surface area contributed by atoms with E-state index in [0.29, 0.717) is 24.5 Å². The molecule has 0 unspecified atom stereocenters. The van der Waals surface area contributed by atoms with Gasteiger partial charge in [0.25, 0.3) is 0 Å². The first kappa shape index (κ1) is 11.9. The van der Waals surface area contributed by atoms with Crippen LogP contribution in [0.1, 0.15) is 22.5 Å². The Kier molecular flexibility index (Phi) is 3.58. The van der Waals surface area contributed by atoms with Gasteiger partial charge in [0.05, 0.1) is 31.6 Å². The van der Waals surface area contributed by atoms with Crippen LogP contribution in [0.4, 0.5) is 0 Å². The minimum atomic E-state index is -0.412. The summed E-state index contributed by atoms with van der Waals surface area (Å²) in [6.07, 6.45) is 2.39. The highest BCUT2D eigenvalue weighted by molar-refractivity contribution is 5.89. The Bertz CT molecular complexity index is 413. The monoisotopic (exact) mass is 237 g/mol. The quantitative estimate of drug-likeness (QED) is 0.742. The molecule has 0 saturated carbocycles. The van der Waals surface area contributed by atoms with E-state index in [9.17, 15) is 4.79 Å².